The zero-order valence-corrected chi connectivity index (χ0v) is 56.7. The Morgan fingerprint density at radius 1 is 0.329 bits per heavy atom. The van der Waals surface area contributed by atoms with Crippen LogP contribution in [0.25, 0.3) is 0 Å². The summed E-state index contributed by atoms with van der Waals surface area (Å²) in [4.78, 5) is 72.2. The minimum absolute atomic E-state index is 0.106. The quantitative estimate of drug-likeness (QED) is 0.0222. The summed E-state index contributed by atoms with van der Waals surface area (Å²) in [7, 11) is -9.89. The van der Waals surface area contributed by atoms with Crippen LogP contribution in [0.1, 0.15) is 330 Å². The highest BCUT2D eigenvalue weighted by Crippen LogP contribution is 2.45. The first-order valence-corrected chi connectivity index (χ1v) is 37.6. The fourth-order valence-corrected chi connectivity index (χ4v) is 11.4. The molecule has 19 heteroatoms. The molecular formula is C66H128O17P2. The van der Waals surface area contributed by atoms with Gasteiger partial charge in [0, 0.05) is 25.7 Å². The van der Waals surface area contributed by atoms with E-state index in [1.54, 1.807) is 0 Å². The number of aliphatic hydroxyl groups excluding tert-OH is 1. The van der Waals surface area contributed by atoms with E-state index in [4.69, 9.17) is 37.0 Å². The molecule has 0 saturated carbocycles. The number of carbonyl (C=O) groups excluding carboxylic acids is 4. The van der Waals surface area contributed by atoms with Crippen LogP contribution in [0, 0.1) is 11.8 Å². The molecule has 0 aliphatic rings. The van der Waals surface area contributed by atoms with E-state index in [0.29, 0.717) is 25.7 Å². The van der Waals surface area contributed by atoms with Gasteiger partial charge in [-0.15, -0.1) is 0 Å². The Kier molecular flexibility index (Phi) is 57.1. The van der Waals surface area contributed by atoms with Crippen molar-refractivity contribution < 1.29 is 80.2 Å². The molecule has 0 aromatic heterocycles. The molecule has 504 valence electrons. The Hall–Kier alpha value is -1.94. The zero-order chi connectivity index (χ0) is 62.9. The average Bonchev–Trinajstić information content (AvgIpc) is 3.59. The lowest BCUT2D eigenvalue weighted by Gasteiger charge is -2.21. The van der Waals surface area contributed by atoms with Crippen LogP contribution in [-0.2, 0) is 65.4 Å². The molecule has 0 heterocycles. The van der Waals surface area contributed by atoms with Crippen LogP contribution in [0.4, 0.5) is 0 Å². The number of unbranched alkanes of at least 4 members (excludes halogenated alkanes) is 33. The molecule has 0 aromatic rings. The lowest BCUT2D eigenvalue weighted by atomic mass is 9.99. The summed E-state index contributed by atoms with van der Waals surface area (Å²) in [6.45, 7) is 9.50. The highest BCUT2D eigenvalue weighted by atomic mass is 31.2. The standard InChI is InChI=1S/C66H128O17P2/c1-7-11-13-15-17-18-19-20-24-32-38-44-50-65(70)82-61(54-76-63(68)48-42-36-28-16-14-12-8-2)56-80-84(72,73)78-52-60(67)53-79-85(74,75)81-57-62(55-77-64(69)49-43-37-31-27-26-30-35-41-47-59(6)10-4)83-66(71)51-45-39-33-25-22-21-23-29-34-40-46-58(5)9-3/h58-62,67H,7-57H2,1-6H3,(H,72,73)(H,74,75)/t58?,59?,60-,61+,62+/m0/s1. The number of esters is 4. The van der Waals surface area contributed by atoms with Crippen molar-refractivity contribution in [3.05, 3.63) is 0 Å². The highest BCUT2D eigenvalue weighted by Gasteiger charge is 2.30. The number of hydrogen-bond donors (Lipinski definition) is 3. The second-order valence-corrected chi connectivity index (χ2v) is 27.2. The Bertz CT molecular complexity index is 1670. The van der Waals surface area contributed by atoms with Crippen molar-refractivity contribution in [3.8, 4) is 0 Å². The summed E-state index contributed by atoms with van der Waals surface area (Å²) < 4.78 is 68.0. The summed E-state index contributed by atoms with van der Waals surface area (Å²) in [5.41, 5.74) is 0. The monoisotopic (exact) mass is 1250 g/mol. The zero-order valence-electron chi connectivity index (χ0n) is 54.9. The lowest BCUT2D eigenvalue weighted by Crippen LogP contribution is -2.30. The number of carbonyl (C=O) groups is 4. The van der Waals surface area contributed by atoms with Crippen molar-refractivity contribution in [2.45, 2.75) is 349 Å². The maximum atomic E-state index is 13.0. The maximum absolute atomic E-state index is 13.0. The largest absolute Gasteiger partial charge is 0.472 e. The number of hydrogen-bond acceptors (Lipinski definition) is 15. The molecular weight excluding hydrogens is 1130 g/mol. The van der Waals surface area contributed by atoms with E-state index < -0.39 is 97.5 Å². The normalized spacial score (nSPS) is 14.9. The van der Waals surface area contributed by atoms with E-state index in [-0.39, 0.29) is 25.7 Å². The van der Waals surface area contributed by atoms with Gasteiger partial charge in [0.1, 0.15) is 19.3 Å². The van der Waals surface area contributed by atoms with Crippen molar-refractivity contribution in [2.75, 3.05) is 39.6 Å². The van der Waals surface area contributed by atoms with Crippen LogP contribution < -0.4 is 0 Å². The number of phosphoric acid groups is 2. The van der Waals surface area contributed by atoms with E-state index in [2.05, 4.69) is 41.5 Å². The molecule has 0 saturated heterocycles. The first-order valence-electron chi connectivity index (χ1n) is 34.6. The third kappa shape index (κ3) is 58.2. The summed E-state index contributed by atoms with van der Waals surface area (Å²) >= 11 is 0. The molecule has 0 aromatic carbocycles. The molecule has 17 nitrogen and oxygen atoms in total. The first-order chi connectivity index (χ1) is 40.9. The SMILES string of the molecule is CCCCCCCCCCCCCCC(=O)O[C@H](COC(=O)CCCCCCCCC)COP(=O)(O)OC[C@H](O)COP(=O)(O)OC[C@@H](COC(=O)CCCCCCCCCCC(C)CC)OC(=O)CCCCCCCCCCCCC(C)CC. The molecule has 0 bridgehead atoms. The van der Waals surface area contributed by atoms with Gasteiger partial charge in [-0.2, -0.15) is 0 Å². The van der Waals surface area contributed by atoms with Gasteiger partial charge < -0.3 is 33.8 Å². The van der Waals surface area contributed by atoms with E-state index in [9.17, 15) is 43.2 Å². The number of phosphoric ester groups is 2. The Labute approximate surface area is 517 Å². The fourth-order valence-electron chi connectivity index (χ4n) is 9.82. The van der Waals surface area contributed by atoms with Crippen LogP contribution in [0.3, 0.4) is 0 Å². The highest BCUT2D eigenvalue weighted by molar-refractivity contribution is 7.47. The number of aliphatic hydroxyl groups is 1. The van der Waals surface area contributed by atoms with Crippen LogP contribution in [0.15, 0.2) is 0 Å². The van der Waals surface area contributed by atoms with Crippen molar-refractivity contribution in [3.63, 3.8) is 0 Å². The van der Waals surface area contributed by atoms with Gasteiger partial charge >= 0.3 is 39.5 Å². The molecule has 0 fully saturated rings. The molecule has 0 amide bonds. The maximum Gasteiger partial charge on any atom is 0.472 e. The molecule has 0 aliphatic carbocycles. The minimum Gasteiger partial charge on any atom is -0.462 e. The molecule has 85 heavy (non-hydrogen) atoms. The Morgan fingerprint density at radius 3 is 0.835 bits per heavy atom. The van der Waals surface area contributed by atoms with Gasteiger partial charge in [-0.25, -0.2) is 9.13 Å². The molecule has 7 atom stereocenters. The Balaban J connectivity index is 5.23. The van der Waals surface area contributed by atoms with Crippen molar-refractivity contribution in [2.24, 2.45) is 11.8 Å². The number of ether oxygens (including phenoxy) is 4. The molecule has 4 unspecified atom stereocenters. The van der Waals surface area contributed by atoms with Crippen molar-refractivity contribution in [1.82, 2.24) is 0 Å². The predicted octanol–water partition coefficient (Wildman–Crippen LogP) is 18.4. The van der Waals surface area contributed by atoms with Gasteiger partial charge in [-0.05, 0) is 37.5 Å². The lowest BCUT2D eigenvalue weighted by molar-refractivity contribution is -0.161. The van der Waals surface area contributed by atoms with E-state index in [1.807, 2.05) is 0 Å². The summed E-state index contributed by atoms with van der Waals surface area (Å²) in [6.07, 6.45) is 41.6. The van der Waals surface area contributed by atoms with Gasteiger partial charge in [-0.1, -0.05) is 279 Å². The van der Waals surface area contributed by atoms with Gasteiger partial charge in [0.05, 0.1) is 26.4 Å². The summed E-state index contributed by atoms with van der Waals surface area (Å²) in [5.74, 6) is -0.553. The van der Waals surface area contributed by atoms with Gasteiger partial charge in [0.2, 0.25) is 0 Å². The van der Waals surface area contributed by atoms with E-state index in [0.717, 1.165) is 115 Å². The van der Waals surface area contributed by atoms with E-state index in [1.165, 1.54) is 135 Å². The Morgan fingerprint density at radius 2 is 0.565 bits per heavy atom. The van der Waals surface area contributed by atoms with Crippen LogP contribution in [0.5, 0.6) is 0 Å². The topological polar surface area (TPSA) is 237 Å². The minimum atomic E-state index is -4.95. The van der Waals surface area contributed by atoms with Gasteiger partial charge in [-0.3, -0.25) is 37.3 Å². The van der Waals surface area contributed by atoms with Crippen LogP contribution in [0.2, 0.25) is 0 Å². The van der Waals surface area contributed by atoms with Crippen LogP contribution >= 0.6 is 15.6 Å². The van der Waals surface area contributed by atoms with Crippen LogP contribution in [-0.4, -0.2) is 96.7 Å². The van der Waals surface area contributed by atoms with Crippen molar-refractivity contribution >= 4 is 39.5 Å². The second kappa shape index (κ2) is 58.4. The van der Waals surface area contributed by atoms with E-state index >= 15 is 0 Å². The van der Waals surface area contributed by atoms with Gasteiger partial charge in [0.15, 0.2) is 12.2 Å². The number of rotatable bonds is 65. The fraction of sp³-hybridized carbons (Fsp3) is 0.939. The molecule has 0 rings (SSSR count). The molecule has 0 spiro atoms. The average molecular weight is 1260 g/mol. The first kappa shape index (κ1) is 83.1. The van der Waals surface area contributed by atoms with Crippen molar-refractivity contribution in [1.29, 1.82) is 0 Å². The van der Waals surface area contributed by atoms with Gasteiger partial charge in [0.25, 0.3) is 0 Å². The third-order valence-corrected chi connectivity index (χ3v) is 17.8. The smallest absolute Gasteiger partial charge is 0.462 e. The third-order valence-electron chi connectivity index (χ3n) is 15.9. The molecule has 0 radical (unpaired) electrons. The molecule has 3 N–H and O–H groups in total. The summed E-state index contributed by atoms with van der Waals surface area (Å²) in [6, 6.07) is 0. The molecule has 0 aliphatic heterocycles. The second-order valence-electron chi connectivity index (χ2n) is 24.3. The predicted molar refractivity (Wildman–Crippen MR) is 340 cm³/mol. The summed E-state index contributed by atoms with van der Waals surface area (Å²) in [5, 5.41) is 10.5.